The van der Waals surface area contributed by atoms with Gasteiger partial charge in [0, 0.05) is 43.7 Å². The summed E-state index contributed by atoms with van der Waals surface area (Å²) in [4.78, 5) is 4.38. The van der Waals surface area contributed by atoms with Gasteiger partial charge in [-0.15, -0.1) is 0 Å². The normalized spacial score (nSPS) is 15.6. The van der Waals surface area contributed by atoms with E-state index in [0.29, 0.717) is 0 Å². The quantitative estimate of drug-likeness (QED) is 0.640. The van der Waals surface area contributed by atoms with Gasteiger partial charge < -0.3 is 14.3 Å². The molecular formula is C13H13N3O. The smallest absolute Gasteiger partial charge is 0.192 e. The molecule has 1 aromatic carbocycles. The highest BCUT2D eigenvalue weighted by molar-refractivity contribution is 5.93. The third-order valence-corrected chi connectivity index (χ3v) is 3.42. The summed E-state index contributed by atoms with van der Waals surface area (Å²) in [5.41, 5.74) is 4.43. The van der Waals surface area contributed by atoms with Crippen LogP contribution in [0.1, 0.15) is 11.6 Å². The predicted molar refractivity (Wildman–Crippen MR) is 65.9 cm³/mol. The van der Waals surface area contributed by atoms with Crippen LogP contribution in [0.25, 0.3) is 22.0 Å². The molecule has 0 atom stereocenters. The van der Waals surface area contributed by atoms with Gasteiger partial charge in [-0.3, -0.25) is 0 Å². The fourth-order valence-corrected chi connectivity index (χ4v) is 2.67. The Morgan fingerprint density at radius 1 is 1.35 bits per heavy atom. The van der Waals surface area contributed by atoms with Crippen LogP contribution in [0.15, 0.2) is 22.6 Å². The van der Waals surface area contributed by atoms with Crippen molar-refractivity contribution in [2.75, 3.05) is 6.54 Å². The second-order valence-electron chi connectivity index (χ2n) is 4.58. The van der Waals surface area contributed by atoms with E-state index >= 15 is 0 Å². The molecule has 0 spiro atoms. The van der Waals surface area contributed by atoms with Crippen LogP contribution in [-0.4, -0.2) is 16.1 Å². The second kappa shape index (κ2) is 3.11. The summed E-state index contributed by atoms with van der Waals surface area (Å²) >= 11 is 0. The minimum Gasteiger partial charge on any atom is -0.441 e. The van der Waals surface area contributed by atoms with Gasteiger partial charge in [-0.25, -0.2) is 4.98 Å². The number of nitrogens with one attached hydrogen (secondary N) is 1. The Morgan fingerprint density at radius 2 is 2.29 bits per heavy atom. The van der Waals surface area contributed by atoms with Crippen LogP contribution >= 0.6 is 0 Å². The average Bonchev–Trinajstić information content (AvgIpc) is 2.84. The van der Waals surface area contributed by atoms with Crippen LogP contribution in [0.2, 0.25) is 0 Å². The number of aryl methyl sites for hydroxylation is 1. The number of rotatable bonds is 0. The van der Waals surface area contributed by atoms with Crippen molar-refractivity contribution in [2.24, 2.45) is 0 Å². The molecule has 0 saturated carbocycles. The number of oxazole rings is 1. The average molecular weight is 227 g/mol. The topological polar surface area (TPSA) is 43.0 Å². The molecule has 3 heterocycles. The number of benzene rings is 1. The maximum Gasteiger partial charge on any atom is 0.192 e. The van der Waals surface area contributed by atoms with E-state index in [9.17, 15) is 0 Å². The summed E-state index contributed by atoms with van der Waals surface area (Å²) in [5, 5.41) is 4.64. The Kier molecular flexibility index (Phi) is 1.69. The van der Waals surface area contributed by atoms with Gasteiger partial charge in [0.15, 0.2) is 11.5 Å². The van der Waals surface area contributed by atoms with Crippen LogP contribution in [0.4, 0.5) is 0 Å². The molecule has 3 aromatic rings. The zero-order chi connectivity index (χ0) is 11.4. The van der Waals surface area contributed by atoms with Crippen LogP contribution < -0.4 is 5.32 Å². The molecule has 0 bridgehead atoms. The first-order valence-corrected chi connectivity index (χ1v) is 5.91. The number of nitrogens with zero attached hydrogens (tertiary/aromatic N) is 2. The van der Waals surface area contributed by atoms with Gasteiger partial charge in [0.2, 0.25) is 0 Å². The van der Waals surface area contributed by atoms with Crippen LogP contribution in [-0.2, 0) is 13.1 Å². The molecule has 0 unspecified atom stereocenters. The highest BCUT2D eigenvalue weighted by atomic mass is 16.3. The van der Waals surface area contributed by atoms with Crippen LogP contribution in [0, 0.1) is 6.92 Å². The SMILES string of the molecule is Cc1nc2cc3cc4n(c3cc2o1)CCNC4. The molecule has 86 valence electrons. The summed E-state index contributed by atoms with van der Waals surface area (Å²) in [7, 11) is 0. The van der Waals surface area contributed by atoms with Crippen molar-refractivity contribution in [1.82, 2.24) is 14.9 Å². The fourth-order valence-electron chi connectivity index (χ4n) is 2.67. The Labute approximate surface area is 98.2 Å². The molecule has 4 rings (SSSR count). The molecule has 1 aliphatic heterocycles. The summed E-state index contributed by atoms with van der Waals surface area (Å²) in [5.74, 6) is 0.730. The minimum absolute atomic E-state index is 0.730. The molecule has 4 nitrogen and oxygen atoms in total. The first kappa shape index (κ1) is 9.24. The highest BCUT2D eigenvalue weighted by Crippen LogP contribution is 2.27. The Hall–Kier alpha value is -1.81. The van der Waals surface area contributed by atoms with Gasteiger partial charge in [0.05, 0.1) is 5.52 Å². The zero-order valence-electron chi connectivity index (χ0n) is 9.66. The highest BCUT2D eigenvalue weighted by Gasteiger charge is 2.14. The fraction of sp³-hybridized carbons (Fsp3) is 0.308. The molecule has 0 radical (unpaired) electrons. The van der Waals surface area contributed by atoms with E-state index in [1.54, 1.807) is 0 Å². The summed E-state index contributed by atoms with van der Waals surface area (Å²) < 4.78 is 7.96. The van der Waals surface area contributed by atoms with Crippen molar-refractivity contribution in [3.8, 4) is 0 Å². The van der Waals surface area contributed by atoms with Crippen LogP contribution in [0.5, 0.6) is 0 Å². The Morgan fingerprint density at radius 3 is 3.24 bits per heavy atom. The lowest BCUT2D eigenvalue weighted by Crippen LogP contribution is -2.27. The molecule has 4 heteroatoms. The maximum absolute atomic E-state index is 5.60. The molecule has 0 aliphatic carbocycles. The standard InChI is InChI=1S/C13H13N3O/c1-8-15-11-5-9-4-10-7-14-2-3-16(10)12(9)6-13(11)17-8/h4-6,14H,2-3,7H2,1H3. The van der Waals surface area contributed by atoms with E-state index in [0.717, 1.165) is 36.6 Å². The molecule has 17 heavy (non-hydrogen) atoms. The third-order valence-electron chi connectivity index (χ3n) is 3.42. The van der Waals surface area contributed by atoms with Crippen molar-refractivity contribution in [1.29, 1.82) is 0 Å². The molecule has 0 amide bonds. The third kappa shape index (κ3) is 1.24. The van der Waals surface area contributed by atoms with Gasteiger partial charge in [-0.1, -0.05) is 0 Å². The summed E-state index contributed by atoms with van der Waals surface area (Å²) in [6.45, 7) is 4.89. The van der Waals surface area contributed by atoms with Crippen molar-refractivity contribution in [3.63, 3.8) is 0 Å². The number of hydrogen-bond acceptors (Lipinski definition) is 3. The van der Waals surface area contributed by atoms with Crippen molar-refractivity contribution < 1.29 is 4.42 Å². The van der Waals surface area contributed by atoms with E-state index in [-0.39, 0.29) is 0 Å². The molecule has 0 saturated heterocycles. The van der Waals surface area contributed by atoms with Crippen molar-refractivity contribution in [2.45, 2.75) is 20.0 Å². The first-order chi connectivity index (χ1) is 8.31. The largest absolute Gasteiger partial charge is 0.441 e. The van der Waals surface area contributed by atoms with Crippen molar-refractivity contribution in [3.05, 3.63) is 29.8 Å². The van der Waals surface area contributed by atoms with E-state index < -0.39 is 0 Å². The molecule has 1 N–H and O–H groups in total. The molecule has 2 aromatic heterocycles. The second-order valence-corrected chi connectivity index (χ2v) is 4.58. The van der Waals surface area contributed by atoms with E-state index in [4.69, 9.17) is 4.42 Å². The number of aromatic nitrogens is 2. The summed E-state index contributed by atoms with van der Waals surface area (Å²) in [6.07, 6.45) is 0. The first-order valence-electron chi connectivity index (χ1n) is 5.91. The maximum atomic E-state index is 5.60. The molecule has 0 fully saturated rings. The lowest BCUT2D eigenvalue weighted by molar-refractivity contribution is 0.526. The van der Waals surface area contributed by atoms with Gasteiger partial charge in [0.1, 0.15) is 5.52 Å². The molecular weight excluding hydrogens is 214 g/mol. The number of fused-ring (bicyclic) bond motifs is 4. The van der Waals surface area contributed by atoms with Crippen molar-refractivity contribution >= 4 is 22.0 Å². The van der Waals surface area contributed by atoms with Gasteiger partial charge in [-0.2, -0.15) is 0 Å². The van der Waals surface area contributed by atoms with E-state index in [2.05, 4.69) is 33.1 Å². The number of hydrogen-bond donors (Lipinski definition) is 1. The predicted octanol–water partition coefficient (Wildman–Crippen LogP) is 2.19. The van der Waals surface area contributed by atoms with Gasteiger partial charge in [-0.05, 0) is 12.1 Å². The summed E-state index contributed by atoms with van der Waals surface area (Å²) in [6, 6.07) is 6.47. The Bertz CT molecular complexity index is 723. The lowest BCUT2D eigenvalue weighted by atomic mass is 10.2. The van der Waals surface area contributed by atoms with E-state index in [1.165, 1.54) is 16.6 Å². The lowest BCUT2D eigenvalue weighted by Gasteiger charge is -2.16. The van der Waals surface area contributed by atoms with Gasteiger partial charge >= 0.3 is 0 Å². The van der Waals surface area contributed by atoms with Crippen LogP contribution in [0.3, 0.4) is 0 Å². The monoisotopic (exact) mass is 227 g/mol. The Balaban J connectivity index is 2.10. The minimum atomic E-state index is 0.730. The van der Waals surface area contributed by atoms with Gasteiger partial charge in [0.25, 0.3) is 0 Å². The zero-order valence-corrected chi connectivity index (χ0v) is 9.66. The van der Waals surface area contributed by atoms with E-state index in [1.807, 2.05) is 6.92 Å². The molecule has 1 aliphatic rings.